The van der Waals surface area contributed by atoms with E-state index in [1.54, 1.807) is 5.57 Å². The fraction of sp³-hybridized carbons (Fsp3) is 0.857. The first kappa shape index (κ1) is 13.7. The minimum absolute atomic E-state index is 0.342. The first-order valence-electron chi connectivity index (χ1n) is 6.62. The Balaban J connectivity index is 2.56. The van der Waals surface area contributed by atoms with E-state index in [1.165, 1.54) is 25.8 Å². The first-order chi connectivity index (χ1) is 7.49. The summed E-state index contributed by atoms with van der Waals surface area (Å²) in [5.74, 6) is 0. The Bertz CT molecular complexity index is 238. The second-order valence-electron chi connectivity index (χ2n) is 5.90. The number of nitrogens with zero attached hydrogens (tertiary/aromatic N) is 1. The lowest BCUT2D eigenvalue weighted by atomic mass is 9.82. The second kappa shape index (κ2) is 5.83. The van der Waals surface area contributed by atoms with Gasteiger partial charge < -0.3 is 5.73 Å². The predicted molar refractivity (Wildman–Crippen MR) is 71.5 cm³/mol. The molecular formula is C14H28N2. The third-order valence-corrected chi connectivity index (χ3v) is 3.61. The van der Waals surface area contributed by atoms with Crippen LogP contribution >= 0.6 is 0 Å². The van der Waals surface area contributed by atoms with Gasteiger partial charge >= 0.3 is 0 Å². The van der Waals surface area contributed by atoms with Crippen LogP contribution < -0.4 is 5.73 Å². The van der Waals surface area contributed by atoms with E-state index in [4.69, 9.17) is 5.73 Å². The van der Waals surface area contributed by atoms with E-state index in [1.807, 2.05) is 0 Å². The van der Waals surface area contributed by atoms with Gasteiger partial charge in [-0.05, 0) is 18.3 Å². The van der Waals surface area contributed by atoms with Crippen LogP contribution in [0.25, 0.3) is 0 Å². The minimum atomic E-state index is 0.342. The van der Waals surface area contributed by atoms with E-state index in [0.717, 1.165) is 13.1 Å². The fourth-order valence-corrected chi connectivity index (χ4v) is 2.48. The van der Waals surface area contributed by atoms with Gasteiger partial charge in [0, 0.05) is 25.7 Å². The summed E-state index contributed by atoms with van der Waals surface area (Å²) >= 11 is 0. The summed E-state index contributed by atoms with van der Waals surface area (Å²) < 4.78 is 0. The molecule has 1 atom stereocenters. The summed E-state index contributed by atoms with van der Waals surface area (Å²) in [4.78, 5) is 2.54. The van der Waals surface area contributed by atoms with E-state index >= 15 is 0 Å². The van der Waals surface area contributed by atoms with Crippen LogP contribution in [0.2, 0.25) is 0 Å². The van der Waals surface area contributed by atoms with Crippen LogP contribution in [0, 0.1) is 5.41 Å². The zero-order chi connectivity index (χ0) is 12.2. The lowest BCUT2D eigenvalue weighted by molar-refractivity contribution is 0.197. The van der Waals surface area contributed by atoms with Gasteiger partial charge in [0.15, 0.2) is 0 Å². The van der Waals surface area contributed by atoms with E-state index < -0.39 is 0 Å². The van der Waals surface area contributed by atoms with Crippen LogP contribution in [0.4, 0.5) is 0 Å². The van der Waals surface area contributed by atoms with Crippen molar-refractivity contribution in [3.63, 3.8) is 0 Å². The Labute approximate surface area is 101 Å². The molecule has 1 aliphatic heterocycles. The smallest absolute Gasteiger partial charge is 0.0221 e. The molecule has 0 amide bonds. The molecule has 1 unspecified atom stereocenters. The van der Waals surface area contributed by atoms with Crippen molar-refractivity contribution in [2.24, 2.45) is 11.1 Å². The van der Waals surface area contributed by atoms with Crippen molar-refractivity contribution in [1.29, 1.82) is 0 Å². The molecule has 2 heteroatoms. The molecule has 94 valence electrons. The van der Waals surface area contributed by atoms with Gasteiger partial charge in [-0.25, -0.2) is 0 Å². The average molecular weight is 224 g/mol. The van der Waals surface area contributed by atoms with Crippen molar-refractivity contribution < 1.29 is 0 Å². The van der Waals surface area contributed by atoms with Gasteiger partial charge in [-0.1, -0.05) is 45.8 Å². The van der Waals surface area contributed by atoms with Crippen molar-refractivity contribution in [2.45, 2.75) is 53.0 Å². The van der Waals surface area contributed by atoms with Crippen molar-refractivity contribution in [2.75, 3.05) is 19.6 Å². The topological polar surface area (TPSA) is 29.3 Å². The van der Waals surface area contributed by atoms with Crippen LogP contribution in [0.1, 0.15) is 47.0 Å². The van der Waals surface area contributed by atoms with Crippen molar-refractivity contribution in [3.05, 3.63) is 11.6 Å². The lowest BCUT2D eigenvalue weighted by Crippen LogP contribution is -2.43. The van der Waals surface area contributed by atoms with Gasteiger partial charge in [0.05, 0.1) is 0 Å². The van der Waals surface area contributed by atoms with Gasteiger partial charge in [-0.15, -0.1) is 0 Å². The summed E-state index contributed by atoms with van der Waals surface area (Å²) in [7, 11) is 0. The van der Waals surface area contributed by atoms with Crippen molar-refractivity contribution >= 4 is 0 Å². The molecule has 1 rings (SSSR count). The lowest BCUT2D eigenvalue weighted by Gasteiger charge is -2.36. The minimum Gasteiger partial charge on any atom is -0.329 e. The molecule has 0 spiro atoms. The van der Waals surface area contributed by atoms with Gasteiger partial charge in [0.1, 0.15) is 0 Å². The van der Waals surface area contributed by atoms with E-state index in [9.17, 15) is 0 Å². The molecule has 2 nitrogen and oxygen atoms in total. The highest BCUT2D eigenvalue weighted by Gasteiger charge is 2.24. The molecule has 0 aromatic rings. The first-order valence-corrected chi connectivity index (χ1v) is 6.62. The monoisotopic (exact) mass is 224 g/mol. The largest absolute Gasteiger partial charge is 0.329 e. The summed E-state index contributed by atoms with van der Waals surface area (Å²) in [5.41, 5.74) is 7.80. The van der Waals surface area contributed by atoms with Crippen LogP contribution in [0.15, 0.2) is 11.6 Å². The molecule has 0 aromatic carbocycles. The number of rotatable bonds is 4. The van der Waals surface area contributed by atoms with Gasteiger partial charge in [0.25, 0.3) is 0 Å². The molecule has 0 radical (unpaired) electrons. The van der Waals surface area contributed by atoms with Crippen LogP contribution in [0.3, 0.4) is 0 Å². The predicted octanol–water partition coefficient (Wildman–Crippen LogP) is 2.79. The Hall–Kier alpha value is -0.340. The summed E-state index contributed by atoms with van der Waals surface area (Å²) in [5, 5.41) is 0. The van der Waals surface area contributed by atoms with Crippen molar-refractivity contribution in [1.82, 2.24) is 4.90 Å². The Morgan fingerprint density at radius 2 is 2.12 bits per heavy atom. The third-order valence-electron chi connectivity index (χ3n) is 3.61. The molecule has 0 bridgehead atoms. The van der Waals surface area contributed by atoms with Gasteiger partial charge in [0.2, 0.25) is 0 Å². The second-order valence-corrected chi connectivity index (χ2v) is 5.90. The molecule has 0 fully saturated rings. The molecule has 1 heterocycles. The molecule has 1 aliphatic rings. The zero-order valence-corrected chi connectivity index (χ0v) is 11.4. The molecule has 0 aromatic heterocycles. The quantitative estimate of drug-likeness (QED) is 0.744. The third kappa shape index (κ3) is 3.60. The SMILES string of the molecule is CCCC(CN)N1CC=C(C(C)(C)C)CC1. The fourth-order valence-electron chi connectivity index (χ4n) is 2.48. The van der Waals surface area contributed by atoms with Crippen LogP contribution in [-0.4, -0.2) is 30.6 Å². The maximum absolute atomic E-state index is 5.85. The zero-order valence-electron chi connectivity index (χ0n) is 11.4. The highest BCUT2D eigenvalue weighted by atomic mass is 15.2. The molecule has 0 saturated carbocycles. The van der Waals surface area contributed by atoms with Gasteiger partial charge in [-0.2, -0.15) is 0 Å². The van der Waals surface area contributed by atoms with Crippen LogP contribution in [0.5, 0.6) is 0 Å². The number of hydrogen-bond donors (Lipinski definition) is 1. The van der Waals surface area contributed by atoms with E-state index in [-0.39, 0.29) is 0 Å². The summed E-state index contributed by atoms with van der Waals surface area (Å²) in [6.07, 6.45) is 6.09. The number of hydrogen-bond acceptors (Lipinski definition) is 2. The standard InChI is InChI=1S/C14H28N2/c1-5-6-13(11-15)16-9-7-12(8-10-16)14(2,3)4/h7,13H,5-6,8-11,15H2,1-4H3. The van der Waals surface area contributed by atoms with Gasteiger partial charge in [-0.3, -0.25) is 4.90 Å². The summed E-state index contributed by atoms with van der Waals surface area (Å²) in [6, 6.07) is 0.586. The molecule has 16 heavy (non-hydrogen) atoms. The molecule has 0 saturated heterocycles. The van der Waals surface area contributed by atoms with E-state index in [2.05, 4.69) is 38.7 Å². The maximum Gasteiger partial charge on any atom is 0.0221 e. The van der Waals surface area contributed by atoms with Crippen LogP contribution in [-0.2, 0) is 0 Å². The van der Waals surface area contributed by atoms with E-state index in [0.29, 0.717) is 11.5 Å². The molecular weight excluding hydrogens is 196 g/mol. The normalized spacial score (nSPS) is 20.7. The number of nitrogens with two attached hydrogens (primary N) is 1. The highest BCUT2D eigenvalue weighted by molar-refractivity contribution is 5.14. The summed E-state index contributed by atoms with van der Waals surface area (Å²) in [6.45, 7) is 12.2. The maximum atomic E-state index is 5.85. The highest BCUT2D eigenvalue weighted by Crippen LogP contribution is 2.30. The average Bonchev–Trinajstić information content (AvgIpc) is 2.25. The van der Waals surface area contributed by atoms with Crippen molar-refractivity contribution in [3.8, 4) is 0 Å². The molecule has 2 N–H and O–H groups in total. The molecule has 0 aliphatic carbocycles. The Kier molecular flexibility index (Phi) is 5.00. The Morgan fingerprint density at radius 1 is 1.44 bits per heavy atom. The Morgan fingerprint density at radius 3 is 2.50 bits per heavy atom.